The molecule has 0 aliphatic rings. The van der Waals surface area contributed by atoms with Crippen LogP contribution in [0.15, 0.2) is 27.1 Å². The van der Waals surface area contributed by atoms with E-state index in [2.05, 4.69) is 31.4 Å². The summed E-state index contributed by atoms with van der Waals surface area (Å²) in [5.41, 5.74) is 0.816. The molecule has 1 heterocycles. The number of hydrogen-bond donors (Lipinski definition) is 1. The normalized spacial score (nSPS) is 12.4. The molecular formula is C12H14BrN3O2. The molecule has 2 rings (SSSR count). The predicted octanol–water partition coefficient (Wildman–Crippen LogP) is 2.79. The lowest BCUT2D eigenvalue weighted by Gasteiger charge is -2.04. The predicted molar refractivity (Wildman–Crippen MR) is 71.5 cm³/mol. The molecule has 18 heavy (non-hydrogen) atoms. The molecule has 0 spiro atoms. The second kappa shape index (κ2) is 5.49. The summed E-state index contributed by atoms with van der Waals surface area (Å²) >= 11 is 3.46. The molecule has 0 amide bonds. The van der Waals surface area contributed by atoms with Crippen molar-refractivity contribution in [2.75, 3.05) is 14.2 Å². The van der Waals surface area contributed by atoms with E-state index >= 15 is 0 Å². The Labute approximate surface area is 114 Å². The molecule has 0 bridgehead atoms. The van der Waals surface area contributed by atoms with Gasteiger partial charge in [0.25, 0.3) is 0 Å². The van der Waals surface area contributed by atoms with E-state index in [-0.39, 0.29) is 6.04 Å². The minimum Gasteiger partial charge on any atom is -0.497 e. The van der Waals surface area contributed by atoms with Crippen molar-refractivity contribution < 1.29 is 9.15 Å². The molecule has 5 nitrogen and oxygen atoms in total. The third-order valence-electron chi connectivity index (χ3n) is 2.65. The largest absolute Gasteiger partial charge is 0.497 e. The Hall–Kier alpha value is -1.40. The number of benzene rings is 1. The number of halogens is 1. The van der Waals surface area contributed by atoms with Crippen LogP contribution >= 0.6 is 15.9 Å². The molecule has 0 aliphatic heterocycles. The molecule has 1 N–H and O–H groups in total. The molecule has 2 aromatic rings. The summed E-state index contributed by atoms with van der Waals surface area (Å²) < 4.78 is 11.7. The van der Waals surface area contributed by atoms with Gasteiger partial charge in [-0.2, -0.15) is 0 Å². The molecule has 1 aromatic carbocycles. The molecule has 0 radical (unpaired) electrons. The molecule has 0 saturated heterocycles. The smallest absolute Gasteiger partial charge is 0.249 e. The second-order valence-electron chi connectivity index (χ2n) is 3.80. The fourth-order valence-corrected chi connectivity index (χ4v) is 1.85. The van der Waals surface area contributed by atoms with E-state index in [1.54, 1.807) is 7.11 Å². The van der Waals surface area contributed by atoms with Crippen LogP contribution in [0.4, 0.5) is 0 Å². The zero-order valence-corrected chi connectivity index (χ0v) is 12.0. The first-order chi connectivity index (χ1) is 8.65. The summed E-state index contributed by atoms with van der Waals surface area (Å²) in [6.07, 6.45) is 0. The van der Waals surface area contributed by atoms with E-state index in [1.165, 1.54) is 0 Å². The molecule has 1 atom stereocenters. The first-order valence-corrected chi connectivity index (χ1v) is 6.29. The maximum absolute atomic E-state index is 5.63. The monoisotopic (exact) mass is 311 g/mol. The maximum Gasteiger partial charge on any atom is 0.249 e. The number of nitrogens with zero attached hydrogens (tertiary/aromatic N) is 2. The van der Waals surface area contributed by atoms with Crippen molar-refractivity contribution in [1.29, 1.82) is 0 Å². The van der Waals surface area contributed by atoms with E-state index in [0.717, 1.165) is 15.8 Å². The molecule has 1 aromatic heterocycles. The average Bonchev–Trinajstić information content (AvgIpc) is 2.88. The topological polar surface area (TPSA) is 60.2 Å². The van der Waals surface area contributed by atoms with Crippen molar-refractivity contribution in [3.63, 3.8) is 0 Å². The van der Waals surface area contributed by atoms with Crippen LogP contribution in [0.5, 0.6) is 5.75 Å². The van der Waals surface area contributed by atoms with Gasteiger partial charge in [0.2, 0.25) is 11.8 Å². The van der Waals surface area contributed by atoms with E-state index in [9.17, 15) is 0 Å². The van der Waals surface area contributed by atoms with E-state index in [1.807, 2.05) is 32.2 Å². The number of rotatable bonds is 4. The highest BCUT2D eigenvalue weighted by molar-refractivity contribution is 9.10. The quantitative estimate of drug-likeness (QED) is 0.940. The van der Waals surface area contributed by atoms with Gasteiger partial charge in [0.15, 0.2) is 0 Å². The number of hydrogen-bond acceptors (Lipinski definition) is 5. The minimum atomic E-state index is 0.0237. The molecule has 0 aliphatic carbocycles. The van der Waals surface area contributed by atoms with Gasteiger partial charge in [-0.3, -0.25) is 0 Å². The molecular weight excluding hydrogens is 298 g/mol. The summed E-state index contributed by atoms with van der Waals surface area (Å²) in [6.45, 7) is 1.96. The average molecular weight is 312 g/mol. The van der Waals surface area contributed by atoms with Crippen LogP contribution in [0.3, 0.4) is 0 Å². The Bertz CT molecular complexity index is 542. The summed E-state index contributed by atoms with van der Waals surface area (Å²) in [5.74, 6) is 1.77. The van der Waals surface area contributed by atoms with Crippen molar-refractivity contribution >= 4 is 15.9 Å². The SMILES string of the molecule is CNC(C)c1nnc(-c2cc(OC)ccc2Br)o1. The molecule has 0 fully saturated rings. The van der Waals surface area contributed by atoms with E-state index in [0.29, 0.717) is 11.8 Å². The lowest BCUT2D eigenvalue weighted by molar-refractivity contribution is 0.414. The first kappa shape index (κ1) is 13.0. The van der Waals surface area contributed by atoms with Gasteiger partial charge in [-0.25, -0.2) is 0 Å². The van der Waals surface area contributed by atoms with Gasteiger partial charge in [0.1, 0.15) is 5.75 Å². The molecule has 0 saturated carbocycles. The van der Waals surface area contributed by atoms with E-state index in [4.69, 9.17) is 9.15 Å². The Morgan fingerprint density at radius 2 is 2.17 bits per heavy atom. The highest BCUT2D eigenvalue weighted by Crippen LogP contribution is 2.31. The van der Waals surface area contributed by atoms with Crippen molar-refractivity contribution in [3.8, 4) is 17.2 Å². The summed E-state index contributed by atoms with van der Waals surface area (Å²) in [5, 5.41) is 11.1. The maximum atomic E-state index is 5.63. The van der Waals surface area contributed by atoms with Gasteiger partial charge in [0, 0.05) is 4.47 Å². The van der Waals surface area contributed by atoms with Crippen LogP contribution < -0.4 is 10.1 Å². The zero-order valence-electron chi connectivity index (χ0n) is 10.4. The van der Waals surface area contributed by atoms with Crippen molar-refractivity contribution in [2.24, 2.45) is 0 Å². The Morgan fingerprint density at radius 1 is 1.39 bits per heavy atom. The van der Waals surface area contributed by atoms with Gasteiger partial charge in [0.05, 0.1) is 18.7 Å². The summed E-state index contributed by atoms with van der Waals surface area (Å²) in [6, 6.07) is 5.63. The number of aromatic nitrogens is 2. The van der Waals surface area contributed by atoms with Gasteiger partial charge in [-0.15, -0.1) is 10.2 Å². The minimum absolute atomic E-state index is 0.0237. The number of ether oxygens (including phenoxy) is 1. The Morgan fingerprint density at radius 3 is 2.83 bits per heavy atom. The highest BCUT2D eigenvalue weighted by atomic mass is 79.9. The fraction of sp³-hybridized carbons (Fsp3) is 0.333. The third kappa shape index (κ3) is 2.54. The van der Waals surface area contributed by atoms with Crippen LogP contribution in [0, 0.1) is 0 Å². The Balaban J connectivity index is 2.39. The van der Waals surface area contributed by atoms with Crippen molar-refractivity contribution in [3.05, 3.63) is 28.6 Å². The van der Waals surface area contributed by atoms with E-state index < -0.39 is 0 Å². The van der Waals surface area contributed by atoms with Gasteiger partial charge < -0.3 is 14.5 Å². The van der Waals surface area contributed by atoms with Crippen molar-refractivity contribution in [1.82, 2.24) is 15.5 Å². The summed E-state index contributed by atoms with van der Waals surface area (Å²) in [7, 11) is 3.46. The van der Waals surface area contributed by atoms with Crippen LogP contribution in [0.2, 0.25) is 0 Å². The zero-order chi connectivity index (χ0) is 13.1. The molecule has 96 valence electrons. The lowest BCUT2D eigenvalue weighted by Crippen LogP contribution is -2.12. The number of methoxy groups -OCH3 is 1. The first-order valence-electron chi connectivity index (χ1n) is 5.50. The molecule has 1 unspecified atom stereocenters. The van der Waals surface area contributed by atoms with Gasteiger partial charge >= 0.3 is 0 Å². The van der Waals surface area contributed by atoms with Gasteiger partial charge in [-0.1, -0.05) is 0 Å². The van der Waals surface area contributed by atoms with Crippen LogP contribution in [0.25, 0.3) is 11.5 Å². The fourth-order valence-electron chi connectivity index (χ4n) is 1.44. The van der Waals surface area contributed by atoms with Crippen molar-refractivity contribution in [2.45, 2.75) is 13.0 Å². The standard InChI is InChI=1S/C12H14BrN3O2/c1-7(14-2)11-15-16-12(18-11)9-6-8(17-3)4-5-10(9)13/h4-7,14H,1-3H3. The Kier molecular flexibility index (Phi) is 3.98. The molecule has 6 heteroatoms. The second-order valence-corrected chi connectivity index (χ2v) is 4.66. The highest BCUT2D eigenvalue weighted by Gasteiger charge is 2.15. The summed E-state index contributed by atoms with van der Waals surface area (Å²) in [4.78, 5) is 0. The van der Waals surface area contributed by atoms with Crippen LogP contribution in [0.1, 0.15) is 18.9 Å². The van der Waals surface area contributed by atoms with Crippen LogP contribution in [-0.2, 0) is 0 Å². The lowest BCUT2D eigenvalue weighted by atomic mass is 10.2. The third-order valence-corrected chi connectivity index (χ3v) is 3.34. The number of nitrogens with one attached hydrogen (secondary N) is 1. The van der Waals surface area contributed by atoms with Crippen LogP contribution in [-0.4, -0.2) is 24.4 Å². The van der Waals surface area contributed by atoms with Gasteiger partial charge in [-0.05, 0) is 48.1 Å².